The molecule has 4 rings (SSSR count). The van der Waals surface area contributed by atoms with E-state index in [4.69, 9.17) is 23.8 Å². The smallest absolute Gasteiger partial charge is 0.180 e. The van der Waals surface area contributed by atoms with Crippen molar-refractivity contribution < 1.29 is 0 Å². The van der Waals surface area contributed by atoms with E-state index in [1.165, 1.54) is 0 Å². The summed E-state index contributed by atoms with van der Waals surface area (Å²) in [5, 5.41) is 11.7. The van der Waals surface area contributed by atoms with Crippen molar-refractivity contribution in [1.29, 1.82) is 0 Å². The molecule has 29 heavy (non-hydrogen) atoms. The van der Waals surface area contributed by atoms with Gasteiger partial charge in [-0.3, -0.25) is 9.67 Å². The SMILES string of the molecule is CCNC(=S)Nc1ccc2ncc(-c3cnn(Cc4ccc(Cl)cc4)c3)nc2n1. The van der Waals surface area contributed by atoms with Gasteiger partial charge in [-0.2, -0.15) is 5.10 Å². The largest absolute Gasteiger partial charge is 0.363 e. The van der Waals surface area contributed by atoms with Gasteiger partial charge in [0.15, 0.2) is 10.8 Å². The van der Waals surface area contributed by atoms with Gasteiger partial charge >= 0.3 is 0 Å². The first kappa shape index (κ1) is 19.2. The number of nitrogens with one attached hydrogen (secondary N) is 2. The number of nitrogens with zero attached hydrogens (tertiary/aromatic N) is 5. The zero-order valence-electron chi connectivity index (χ0n) is 15.6. The van der Waals surface area contributed by atoms with E-state index in [0.717, 1.165) is 17.7 Å². The van der Waals surface area contributed by atoms with E-state index in [2.05, 4.69) is 30.7 Å². The molecule has 0 amide bonds. The summed E-state index contributed by atoms with van der Waals surface area (Å²) in [6.45, 7) is 3.36. The molecule has 9 heteroatoms. The van der Waals surface area contributed by atoms with Gasteiger partial charge in [-0.05, 0) is 49.0 Å². The molecule has 4 aromatic rings. The van der Waals surface area contributed by atoms with E-state index >= 15 is 0 Å². The maximum atomic E-state index is 5.94. The number of pyridine rings is 1. The van der Waals surface area contributed by atoms with Crippen LogP contribution in [-0.2, 0) is 6.54 Å². The highest BCUT2D eigenvalue weighted by molar-refractivity contribution is 7.80. The van der Waals surface area contributed by atoms with Crippen LogP contribution >= 0.6 is 23.8 Å². The van der Waals surface area contributed by atoms with Crippen molar-refractivity contribution in [1.82, 2.24) is 30.0 Å². The minimum absolute atomic E-state index is 0.520. The van der Waals surface area contributed by atoms with Gasteiger partial charge in [-0.15, -0.1) is 0 Å². The van der Waals surface area contributed by atoms with Gasteiger partial charge in [0.1, 0.15) is 11.3 Å². The van der Waals surface area contributed by atoms with Crippen LogP contribution < -0.4 is 10.6 Å². The Morgan fingerprint density at radius 1 is 1.10 bits per heavy atom. The van der Waals surface area contributed by atoms with Gasteiger partial charge in [0, 0.05) is 23.3 Å². The highest BCUT2D eigenvalue weighted by Crippen LogP contribution is 2.19. The maximum Gasteiger partial charge on any atom is 0.180 e. The Balaban J connectivity index is 1.56. The number of fused-ring (bicyclic) bond motifs is 1. The Kier molecular flexibility index (Phi) is 5.64. The molecule has 7 nitrogen and oxygen atoms in total. The predicted octanol–water partition coefficient (Wildman–Crippen LogP) is 3.90. The highest BCUT2D eigenvalue weighted by Gasteiger charge is 2.08. The summed E-state index contributed by atoms with van der Waals surface area (Å²) in [4.78, 5) is 13.6. The van der Waals surface area contributed by atoms with E-state index in [1.54, 1.807) is 12.4 Å². The molecule has 2 N–H and O–H groups in total. The van der Waals surface area contributed by atoms with Crippen LogP contribution in [0.5, 0.6) is 0 Å². The zero-order valence-corrected chi connectivity index (χ0v) is 17.2. The fourth-order valence-corrected chi connectivity index (χ4v) is 3.16. The molecule has 0 spiro atoms. The molecule has 3 aromatic heterocycles. The van der Waals surface area contributed by atoms with E-state index in [-0.39, 0.29) is 0 Å². The van der Waals surface area contributed by atoms with Crippen molar-refractivity contribution >= 4 is 45.9 Å². The second kappa shape index (κ2) is 8.50. The number of hydrogen-bond donors (Lipinski definition) is 2. The summed E-state index contributed by atoms with van der Waals surface area (Å²) < 4.78 is 1.85. The lowest BCUT2D eigenvalue weighted by atomic mass is 10.2. The van der Waals surface area contributed by atoms with Crippen molar-refractivity contribution in [3.63, 3.8) is 0 Å². The van der Waals surface area contributed by atoms with E-state index in [0.29, 0.717) is 39.4 Å². The first-order valence-electron chi connectivity index (χ1n) is 9.06. The molecule has 0 atom stereocenters. The minimum Gasteiger partial charge on any atom is -0.363 e. The molecule has 0 aliphatic heterocycles. The number of anilines is 1. The summed E-state index contributed by atoms with van der Waals surface area (Å²) in [7, 11) is 0. The van der Waals surface area contributed by atoms with Crippen LogP contribution in [0.3, 0.4) is 0 Å². The highest BCUT2D eigenvalue weighted by atomic mass is 35.5. The molecular formula is C20H18ClN7S. The third kappa shape index (κ3) is 4.67. The average molecular weight is 424 g/mol. The van der Waals surface area contributed by atoms with Crippen molar-refractivity contribution in [3.05, 3.63) is 65.6 Å². The first-order chi connectivity index (χ1) is 14.1. The van der Waals surface area contributed by atoms with E-state index in [1.807, 2.05) is 54.2 Å². The standard InChI is InChI=1S/C20H18ClN7S/c1-2-22-20(29)27-18-8-7-16-19(26-18)25-17(10-23-16)14-9-24-28(12-14)11-13-3-5-15(21)6-4-13/h3-10,12H,2,11H2,1H3,(H2,22,25,26,27,29). The second-order valence-electron chi connectivity index (χ2n) is 6.33. The molecule has 1 aromatic carbocycles. The lowest BCUT2D eigenvalue weighted by molar-refractivity contribution is 0.687. The van der Waals surface area contributed by atoms with Crippen molar-refractivity contribution in [2.75, 3.05) is 11.9 Å². The molecule has 0 aliphatic carbocycles. The number of benzene rings is 1. The first-order valence-corrected chi connectivity index (χ1v) is 9.85. The Hall–Kier alpha value is -3.10. The van der Waals surface area contributed by atoms with Crippen molar-refractivity contribution in [3.8, 4) is 11.3 Å². The van der Waals surface area contributed by atoms with Crippen LogP contribution in [0.1, 0.15) is 12.5 Å². The lowest BCUT2D eigenvalue weighted by Gasteiger charge is -2.08. The quantitative estimate of drug-likeness (QED) is 0.471. The van der Waals surface area contributed by atoms with Gasteiger partial charge in [0.05, 0.1) is 24.6 Å². The summed E-state index contributed by atoms with van der Waals surface area (Å²) in [5.74, 6) is 0.619. The third-order valence-corrected chi connectivity index (χ3v) is 4.67. The minimum atomic E-state index is 0.520. The molecular weight excluding hydrogens is 406 g/mol. The fourth-order valence-electron chi connectivity index (χ4n) is 2.79. The number of thiocarbonyl (C=S) groups is 1. The molecule has 0 fully saturated rings. The van der Waals surface area contributed by atoms with Crippen LogP contribution in [-0.4, -0.2) is 36.4 Å². The van der Waals surface area contributed by atoms with E-state index in [9.17, 15) is 0 Å². The van der Waals surface area contributed by atoms with Crippen LogP contribution in [0.25, 0.3) is 22.4 Å². The number of aromatic nitrogens is 5. The average Bonchev–Trinajstić information content (AvgIpc) is 3.18. The van der Waals surface area contributed by atoms with Crippen molar-refractivity contribution in [2.24, 2.45) is 0 Å². The molecule has 0 saturated carbocycles. The van der Waals surface area contributed by atoms with Gasteiger partial charge in [-0.25, -0.2) is 9.97 Å². The Labute approximate surface area is 178 Å². The van der Waals surface area contributed by atoms with Gasteiger partial charge in [0.2, 0.25) is 0 Å². The number of rotatable bonds is 5. The summed E-state index contributed by atoms with van der Waals surface area (Å²) in [5.41, 5.74) is 3.94. The molecule has 146 valence electrons. The predicted molar refractivity (Wildman–Crippen MR) is 119 cm³/mol. The number of hydrogen-bond acceptors (Lipinski definition) is 5. The van der Waals surface area contributed by atoms with E-state index < -0.39 is 0 Å². The zero-order chi connectivity index (χ0) is 20.2. The van der Waals surface area contributed by atoms with Crippen molar-refractivity contribution in [2.45, 2.75) is 13.5 Å². The summed E-state index contributed by atoms with van der Waals surface area (Å²) in [6, 6.07) is 11.4. The number of halogens is 1. The summed E-state index contributed by atoms with van der Waals surface area (Å²) in [6.07, 6.45) is 5.44. The second-order valence-corrected chi connectivity index (χ2v) is 7.18. The third-order valence-electron chi connectivity index (χ3n) is 4.17. The Morgan fingerprint density at radius 3 is 2.72 bits per heavy atom. The van der Waals surface area contributed by atoms with Gasteiger partial charge in [0.25, 0.3) is 0 Å². The Bertz CT molecular complexity index is 1160. The molecule has 0 bridgehead atoms. The molecule has 0 radical (unpaired) electrons. The lowest BCUT2D eigenvalue weighted by Crippen LogP contribution is -2.28. The molecule has 3 heterocycles. The van der Waals surface area contributed by atoms with Crippen LogP contribution in [0.4, 0.5) is 5.82 Å². The summed E-state index contributed by atoms with van der Waals surface area (Å²) >= 11 is 11.1. The maximum absolute atomic E-state index is 5.94. The normalized spacial score (nSPS) is 10.8. The van der Waals surface area contributed by atoms with Crippen LogP contribution in [0, 0.1) is 0 Å². The molecule has 0 unspecified atom stereocenters. The fraction of sp³-hybridized carbons (Fsp3) is 0.150. The van der Waals surface area contributed by atoms with Gasteiger partial charge in [-0.1, -0.05) is 23.7 Å². The topological polar surface area (TPSA) is 80.5 Å². The van der Waals surface area contributed by atoms with Crippen LogP contribution in [0.15, 0.2) is 55.0 Å². The van der Waals surface area contributed by atoms with Crippen LogP contribution in [0.2, 0.25) is 5.02 Å². The Morgan fingerprint density at radius 2 is 1.93 bits per heavy atom. The monoisotopic (exact) mass is 423 g/mol. The van der Waals surface area contributed by atoms with Gasteiger partial charge < -0.3 is 10.6 Å². The molecule has 0 saturated heterocycles. The molecule has 0 aliphatic rings.